The molecule has 5 rings (SSSR count). The minimum absolute atomic E-state index is 0.0405. The van der Waals surface area contributed by atoms with E-state index < -0.39 is 30.5 Å². The molecular formula is C37H40ClN3O5. The van der Waals surface area contributed by atoms with E-state index in [9.17, 15) is 9.59 Å². The number of nitrogens with zero attached hydrogens (tertiary/aromatic N) is 1. The van der Waals surface area contributed by atoms with Gasteiger partial charge in [0.1, 0.15) is 18.4 Å². The van der Waals surface area contributed by atoms with Crippen LogP contribution >= 0.6 is 11.6 Å². The van der Waals surface area contributed by atoms with Crippen LogP contribution in [-0.4, -0.2) is 47.9 Å². The summed E-state index contributed by atoms with van der Waals surface area (Å²) >= 11 is 6.11. The lowest BCUT2D eigenvalue weighted by Crippen LogP contribution is -2.67. The molecule has 0 aromatic heterocycles. The second-order valence-electron chi connectivity index (χ2n) is 11.2. The first-order chi connectivity index (χ1) is 22.5. The van der Waals surface area contributed by atoms with Crippen LogP contribution in [0.25, 0.3) is 0 Å². The van der Waals surface area contributed by atoms with E-state index in [2.05, 4.69) is 10.6 Å². The third-order valence-electron chi connectivity index (χ3n) is 7.80. The summed E-state index contributed by atoms with van der Waals surface area (Å²) in [6.45, 7) is 2.85. The fourth-order valence-electron chi connectivity index (χ4n) is 5.54. The van der Waals surface area contributed by atoms with E-state index in [0.29, 0.717) is 17.1 Å². The molecule has 0 spiro atoms. The van der Waals surface area contributed by atoms with Gasteiger partial charge in [-0.05, 0) is 41.3 Å². The quantitative estimate of drug-likeness (QED) is 0.152. The molecule has 240 valence electrons. The number of nitrogens with one attached hydrogen (secondary N) is 2. The van der Waals surface area contributed by atoms with Crippen molar-refractivity contribution >= 4 is 29.1 Å². The Bertz CT molecular complexity index is 1530. The summed E-state index contributed by atoms with van der Waals surface area (Å²) in [5.74, 6) is -0.104. The number of ether oxygens (including phenoxy) is 3. The van der Waals surface area contributed by atoms with Crippen molar-refractivity contribution in [3.63, 3.8) is 0 Å². The number of ketones is 1. The summed E-state index contributed by atoms with van der Waals surface area (Å²) in [5.41, 5.74) is 3.44. The van der Waals surface area contributed by atoms with E-state index in [-0.39, 0.29) is 32.3 Å². The highest BCUT2D eigenvalue weighted by atomic mass is 35.5. The topological polar surface area (TPSA) is 89.1 Å². The smallest absolute Gasteiger partial charge is 0.320 e. The van der Waals surface area contributed by atoms with Gasteiger partial charge in [-0.25, -0.2) is 9.69 Å². The van der Waals surface area contributed by atoms with Gasteiger partial charge in [-0.3, -0.25) is 4.79 Å². The molecule has 1 saturated heterocycles. The lowest BCUT2D eigenvalue weighted by atomic mass is 9.91. The molecule has 0 saturated carbocycles. The predicted molar refractivity (Wildman–Crippen MR) is 179 cm³/mol. The van der Waals surface area contributed by atoms with Gasteiger partial charge >= 0.3 is 6.03 Å². The molecule has 8 nitrogen and oxygen atoms in total. The monoisotopic (exact) mass is 641 g/mol. The van der Waals surface area contributed by atoms with Crippen molar-refractivity contribution in [2.75, 3.05) is 12.0 Å². The van der Waals surface area contributed by atoms with E-state index in [1.807, 2.05) is 103 Å². The highest BCUT2D eigenvalue weighted by Gasteiger charge is 2.50. The third kappa shape index (κ3) is 9.25. The second-order valence-corrected chi connectivity index (χ2v) is 11.6. The van der Waals surface area contributed by atoms with Crippen molar-refractivity contribution in [3.05, 3.63) is 137 Å². The Kier molecular flexibility index (Phi) is 12.3. The number of likely N-dealkylation sites (tertiary alicyclic amines) is 1. The first-order valence-electron chi connectivity index (χ1n) is 15.6. The maximum absolute atomic E-state index is 14.3. The number of hydrogen-bond donors (Lipinski definition) is 2. The van der Waals surface area contributed by atoms with Crippen LogP contribution in [0.2, 0.25) is 5.02 Å². The van der Waals surface area contributed by atoms with E-state index in [1.54, 1.807) is 24.3 Å². The highest BCUT2D eigenvalue weighted by molar-refractivity contribution is 6.30. The molecule has 1 aliphatic rings. The number of rotatable bonds is 14. The Morgan fingerprint density at radius 3 is 1.89 bits per heavy atom. The zero-order valence-corrected chi connectivity index (χ0v) is 26.6. The minimum Gasteiger partial charge on any atom is -0.366 e. The van der Waals surface area contributed by atoms with E-state index in [4.69, 9.17) is 25.8 Å². The number of benzene rings is 4. The molecule has 2 amide bonds. The molecule has 1 aliphatic heterocycles. The molecule has 4 atom stereocenters. The summed E-state index contributed by atoms with van der Waals surface area (Å²) in [6.07, 6.45) is -1.10. The Hall–Kier alpha value is -4.05. The second kappa shape index (κ2) is 17.0. The summed E-state index contributed by atoms with van der Waals surface area (Å²) < 4.78 is 19.6. The van der Waals surface area contributed by atoms with Gasteiger partial charge < -0.3 is 24.8 Å². The first-order valence-corrected chi connectivity index (χ1v) is 16.0. The van der Waals surface area contributed by atoms with Gasteiger partial charge in [0.05, 0.1) is 32.5 Å². The normalized spacial score (nSPS) is 19.9. The Morgan fingerprint density at radius 1 is 0.761 bits per heavy atom. The fourth-order valence-corrected chi connectivity index (χ4v) is 5.73. The van der Waals surface area contributed by atoms with Crippen molar-refractivity contribution in [1.82, 2.24) is 10.2 Å². The number of carbonyl (C=O) groups excluding carboxylic acids is 2. The van der Waals surface area contributed by atoms with E-state index in [0.717, 1.165) is 23.1 Å². The van der Waals surface area contributed by atoms with Gasteiger partial charge in [-0.2, -0.15) is 0 Å². The SMILES string of the molecule is CCCC1C(=O)[C@H](OCc2ccccc2)[C@H](OCc2ccccc2)[C@@H](OCc2ccccc2)N1CNC(=O)Nc1cccc(Cl)c1. The molecule has 1 unspecified atom stereocenters. The molecule has 4 aromatic rings. The third-order valence-corrected chi connectivity index (χ3v) is 8.04. The van der Waals surface area contributed by atoms with Crippen LogP contribution in [-0.2, 0) is 38.8 Å². The molecule has 0 bridgehead atoms. The molecule has 2 N–H and O–H groups in total. The van der Waals surface area contributed by atoms with Crippen molar-refractivity contribution < 1.29 is 23.8 Å². The van der Waals surface area contributed by atoms with Crippen molar-refractivity contribution in [2.45, 2.75) is 64.1 Å². The van der Waals surface area contributed by atoms with Crippen molar-refractivity contribution in [2.24, 2.45) is 0 Å². The zero-order valence-electron chi connectivity index (χ0n) is 25.9. The zero-order chi connectivity index (χ0) is 32.1. The number of hydrogen-bond acceptors (Lipinski definition) is 6. The Labute approximate surface area is 275 Å². The average molecular weight is 642 g/mol. The van der Waals surface area contributed by atoms with Crippen LogP contribution in [0.3, 0.4) is 0 Å². The lowest BCUT2D eigenvalue weighted by molar-refractivity contribution is -0.227. The largest absolute Gasteiger partial charge is 0.366 e. The number of urea groups is 1. The molecular weight excluding hydrogens is 602 g/mol. The Morgan fingerprint density at radius 2 is 1.33 bits per heavy atom. The summed E-state index contributed by atoms with van der Waals surface area (Å²) in [5, 5.41) is 6.25. The van der Waals surface area contributed by atoms with Gasteiger partial charge in [-0.15, -0.1) is 0 Å². The molecule has 46 heavy (non-hydrogen) atoms. The van der Waals surface area contributed by atoms with Crippen LogP contribution in [0.15, 0.2) is 115 Å². The number of Topliss-reactive ketones (excluding diaryl/α,β-unsaturated/α-hetero) is 1. The van der Waals surface area contributed by atoms with Crippen LogP contribution in [0.1, 0.15) is 36.5 Å². The Balaban J connectivity index is 1.44. The van der Waals surface area contributed by atoms with Crippen molar-refractivity contribution in [1.29, 1.82) is 0 Å². The summed E-state index contributed by atoms with van der Waals surface area (Å²) in [7, 11) is 0. The minimum atomic E-state index is -0.891. The van der Waals surface area contributed by atoms with Gasteiger partial charge in [-0.1, -0.05) is 122 Å². The number of halogens is 1. The number of amides is 2. The fraction of sp³-hybridized carbons (Fsp3) is 0.297. The lowest BCUT2D eigenvalue weighted by Gasteiger charge is -2.47. The molecule has 0 aliphatic carbocycles. The van der Waals surface area contributed by atoms with Crippen LogP contribution in [0, 0.1) is 0 Å². The van der Waals surface area contributed by atoms with Gasteiger partial charge in [0.25, 0.3) is 0 Å². The van der Waals surface area contributed by atoms with E-state index in [1.165, 1.54) is 0 Å². The van der Waals surface area contributed by atoms with Gasteiger partial charge in [0, 0.05) is 10.7 Å². The maximum Gasteiger partial charge on any atom is 0.320 e. The molecule has 1 heterocycles. The van der Waals surface area contributed by atoms with Crippen molar-refractivity contribution in [3.8, 4) is 0 Å². The van der Waals surface area contributed by atoms with Gasteiger partial charge in [0.15, 0.2) is 5.78 Å². The van der Waals surface area contributed by atoms with Crippen LogP contribution < -0.4 is 10.6 Å². The maximum atomic E-state index is 14.3. The summed E-state index contributed by atoms with van der Waals surface area (Å²) in [4.78, 5) is 29.3. The molecule has 0 radical (unpaired) electrons. The average Bonchev–Trinajstić information content (AvgIpc) is 3.08. The first kappa shape index (κ1) is 33.3. The number of anilines is 1. The molecule has 4 aromatic carbocycles. The van der Waals surface area contributed by atoms with Crippen LogP contribution in [0.5, 0.6) is 0 Å². The van der Waals surface area contributed by atoms with Gasteiger partial charge in [0.2, 0.25) is 0 Å². The van der Waals surface area contributed by atoms with E-state index >= 15 is 0 Å². The van der Waals surface area contributed by atoms with Crippen LogP contribution in [0.4, 0.5) is 10.5 Å². The number of carbonyl (C=O) groups is 2. The number of piperidine rings is 1. The molecule has 9 heteroatoms. The predicted octanol–water partition coefficient (Wildman–Crippen LogP) is 7.19. The summed E-state index contributed by atoms with van der Waals surface area (Å²) in [6, 6.07) is 35.3. The standard InChI is InChI=1S/C37H40ClN3O5/c1-2-13-32-33(42)34(44-23-27-14-6-3-7-15-27)35(45-24-28-16-8-4-9-17-28)36(46-25-29-18-10-5-11-19-29)41(32)26-39-37(43)40-31-21-12-20-30(38)22-31/h3-12,14-22,32,34-36H,2,13,23-26H2,1H3,(H2,39,40,43)/t32?,34-,35-,36+/m0/s1. The highest BCUT2D eigenvalue weighted by Crippen LogP contribution is 2.31. The molecule has 1 fully saturated rings.